The Labute approximate surface area is 170 Å². The molecule has 0 N–H and O–H groups in total. The molecule has 0 spiro atoms. The van der Waals surface area contributed by atoms with Crippen LogP contribution in [0.3, 0.4) is 0 Å². The zero-order chi connectivity index (χ0) is 16.8. The van der Waals surface area contributed by atoms with Crippen LogP contribution in [0.25, 0.3) is 17.0 Å². The lowest BCUT2D eigenvalue weighted by molar-refractivity contribution is -0.644. The van der Waals surface area contributed by atoms with Gasteiger partial charge >= 0.3 is 0 Å². The van der Waals surface area contributed by atoms with Crippen molar-refractivity contribution in [1.82, 2.24) is 0 Å². The van der Waals surface area contributed by atoms with E-state index in [1.54, 1.807) is 0 Å². The molecule has 3 aromatic rings. The molecule has 0 unspecified atom stereocenters. The van der Waals surface area contributed by atoms with Gasteiger partial charge in [-0.05, 0) is 42.7 Å². The summed E-state index contributed by atoms with van der Waals surface area (Å²) in [5.41, 5.74) is 6.54. The molecule has 0 aliphatic carbocycles. The summed E-state index contributed by atoms with van der Waals surface area (Å²) < 4.78 is 2.17. The highest BCUT2D eigenvalue weighted by atomic mass is 127. The van der Waals surface area contributed by atoms with E-state index in [4.69, 9.17) is 0 Å². The van der Waals surface area contributed by atoms with Gasteiger partial charge in [-0.15, -0.1) is 0 Å². The number of hydrogen-bond acceptors (Lipinski definition) is 2. The van der Waals surface area contributed by atoms with Crippen LogP contribution in [0.15, 0.2) is 58.6 Å². The topological polar surface area (TPSA) is 7.12 Å². The first-order valence-electron chi connectivity index (χ1n) is 8.17. The maximum atomic E-state index is 2.32. The number of aromatic nitrogens is 1. The van der Waals surface area contributed by atoms with Crippen LogP contribution >= 0.6 is 11.8 Å². The summed E-state index contributed by atoms with van der Waals surface area (Å²) in [6.45, 7) is 4.39. The summed E-state index contributed by atoms with van der Waals surface area (Å²) in [5.74, 6) is 0. The molecular formula is C21H21IN2S. The van der Waals surface area contributed by atoms with Gasteiger partial charge in [0.25, 0.3) is 0 Å². The minimum absolute atomic E-state index is 0. The zero-order valence-electron chi connectivity index (χ0n) is 14.9. The Bertz CT molecular complexity index is 995. The second kappa shape index (κ2) is 7.00. The van der Waals surface area contributed by atoms with Gasteiger partial charge in [-0.2, -0.15) is 0 Å². The first-order valence-corrected chi connectivity index (χ1v) is 8.99. The number of halogens is 1. The fourth-order valence-electron chi connectivity index (χ4n) is 3.37. The van der Waals surface area contributed by atoms with Crippen LogP contribution in [0.1, 0.15) is 16.7 Å². The van der Waals surface area contributed by atoms with E-state index in [1.165, 1.54) is 43.2 Å². The highest BCUT2D eigenvalue weighted by molar-refractivity contribution is 8.04. The summed E-state index contributed by atoms with van der Waals surface area (Å²) >= 11 is 1.87. The number of benzene rings is 2. The van der Waals surface area contributed by atoms with Crippen LogP contribution in [-0.2, 0) is 7.05 Å². The molecule has 1 aliphatic heterocycles. The van der Waals surface area contributed by atoms with Gasteiger partial charge in [0.1, 0.15) is 7.05 Å². The molecule has 1 aliphatic rings. The predicted molar refractivity (Wildman–Crippen MR) is 103 cm³/mol. The Morgan fingerprint density at radius 2 is 1.72 bits per heavy atom. The molecule has 2 nitrogen and oxygen atoms in total. The number of thioether (sulfide) groups is 1. The van der Waals surface area contributed by atoms with Crippen molar-refractivity contribution in [2.75, 3.05) is 11.9 Å². The number of nitrogens with zero attached hydrogens (tertiary/aromatic N) is 2. The van der Waals surface area contributed by atoms with Crippen molar-refractivity contribution in [3.63, 3.8) is 0 Å². The van der Waals surface area contributed by atoms with Gasteiger partial charge in [-0.1, -0.05) is 36.0 Å². The lowest BCUT2D eigenvalue weighted by Crippen LogP contribution is -3.00. The third-order valence-corrected chi connectivity index (χ3v) is 6.07. The SMILES string of the molecule is Cc1ccc(C)c2c1S/C(=C/c1cc[n+](C)c3ccccc13)N2C.[I-]. The lowest BCUT2D eigenvalue weighted by atomic mass is 10.1. The molecule has 0 fully saturated rings. The third kappa shape index (κ3) is 3.06. The molecular weight excluding hydrogens is 439 g/mol. The van der Waals surface area contributed by atoms with Crippen LogP contribution in [0.5, 0.6) is 0 Å². The minimum Gasteiger partial charge on any atom is -1.00 e. The number of aryl methyl sites for hydroxylation is 3. The van der Waals surface area contributed by atoms with Gasteiger partial charge in [0.2, 0.25) is 5.52 Å². The molecule has 1 aromatic heterocycles. The van der Waals surface area contributed by atoms with Crippen molar-refractivity contribution in [3.8, 4) is 0 Å². The largest absolute Gasteiger partial charge is 1.00 e. The molecule has 0 atom stereocenters. The maximum Gasteiger partial charge on any atom is 0.212 e. The summed E-state index contributed by atoms with van der Waals surface area (Å²) in [4.78, 5) is 3.71. The van der Waals surface area contributed by atoms with Gasteiger partial charge in [-0.25, -0.2) is 4.57 Å². The van der Waals surface area contributed by atoms with E-state index in [1.807, 2.05) is 11.8 Å². The van der Waals surface area contributed by atoms with E-state index >= 15 is 0 Å². The van der Waals surface area contributed by atoms with Crippen molar-refractivity contribution in [1.29, 1.82) is 0 Å². The van der Waals surface area contributed by atoms with Crippen LogP contribution < -0.4 is 33.4 Å². The van der Waals surface area contributed by atoms with Crippen LogP contribution in [0.4, 0.5) is 5.69 Å². The average Bonchev–Trinajstić information content (AvgIpc) is 2.92. The summed E-state index contributed by atoms with van der Waals surface area (Å²) in [6, 6.07) is 15.2. The second-order valence-electron chi connectivity index (χ2n) is 6.42. The number of para-hydroxylation sites is 1. The Kier molecular flexibility index (Phi) is 5.11. The molecule has 25 heavy (non-hydrogen) atoms. The molecule has 0 saturated carbocycles. The monoisotopic (exact) mass is 460 g/mol. The van der Waals surface area contributed by atoms with Gasteiger partial charge in [0, 0.05) is 24.1 Å². The van der Waals surface area contributed by atoms with Crippen LogP contribution in [-0.4, -0.2) is 7.05 Å². The first kappa shape index (κ1) is 18.3. The fraction of sp³-hybridized carbons (Fsp3) is 0.190. The van der Waals surface area contributed by atoms with E-state index < -0.39 is 0 Å². The van der Waals surface area contributed by atoms with Crippen LogP contribution in [0.2, 0.25) is 0 Å². The van der Waals surface area contributed by atoms with E-state index in [0.717, 1.165) is 0 Å². The van der Waals surface area contributed by atoms with Gasteiger partial charge < -0.3 is 28.9 Å². The molecule has 4 rings (SSSR count). The summed E-state index contributed by atoms with van der Waals surface area (Å²) in [6.07, 6.45) is 4.45. The number of fused-ring (bicyclic) bond motifs is 2. The van der Waals surface area contributed by atoms with Crippen molar-refractivity contribution >= 4 is 34.4 Å². The predicted octanol–water partition coefficient (Wildman–Crippen LogP) is 1.83. The van der Waals surface area contributed by atoms with Gasteiger partial charge in [0.05, 0.1) is 16.1 Å². The van der Waals surface area contributed by atoms with Crippen LogP contribution in [0, 0.1) is 13.8 Å². The number of pyridine rings is 1. The van der Waals surface area contributed by atoms with Crippen molar-refractivity contribution in [3.05, 3.63) is 70.4 Å². The van der Waals surface area contributed by atoms with Crippen molar-refractivity contribution in [2.24, 2.45) is 7.05 Å². The summed E-state index contributed by atoms with van der Waals surface area (Å²) in [5, 5.41) is 2.56. The average molecular weight is 460 g/mol. The molecule has 0 bridgehead atoms. The van der Waals surface area contributed by atoms with Gasteiger partial charge in [-0.3, -0.25) is 0 Å². The quantitative estimate of drug-likeness (QED) is 0.404. The van der Waals surface area contributed by atoms with E-state index in [-0.39, 0.29) is 24.0 Å². The molecule has 2 heterocycles. The maximum absolute atomic E-state index is 2.32. The number of rotatable bonds is 1. The smallest absolute Gasteiger partial charge is 0.212 e. The molecule has 0 amide bonds. The molecule has 4 heteroatoms. The Morgan fingerprint density at radius 3 is 2.48 bits per heavy atom. The highest BCUT2D eigenvalue weighted by Crippen LogP contribution is 2.49. The zero-order valence-corrected chi connectivity index (χ0v) is 17.9. The third-order valence-electron chi connectivity index (χ3n) is 4.75. The molecule has 0 saturated heterocycles. The van der Waals surface area contributed by atoms with Crippen molar-refractivity contribution < 1.29 is 28.5 Å². The Balaban J connectivity index is 0.00000182. The number of anilines is 1. The van der Waals surface area contributed by atoms with Gasteiger partial charge in [0.15, 0.2) is 6.20 Å². The second-order valence-corrected chi connectivity index (χ2v) is 7.45. The molecule has 0 radical (unpaired) electrons. The summed E-state index contributed by atoms with van der Waals surface area (Å²) in [7, 11) is 4.26. The molecule has 2 aromatic carbocycles. The van der Waals surface area contributed by atoms with E-state index in [9.17, 15) is 0 Å². The number of hydrogen-bond donors (Lipinski definition) is 0. The normalized spacial score (nSPS) is 14.7. The van der Waals surface area contributed by atoms with Crippen molar-refractivity contribution in [2.45, 2.75) is 18.7 Å². The highest BCUT2D eigenvalue weighted by Gasteiger charge is 2.25. The first-order chi connectivity index (χ1) is 11.6. The van der Waals surface area contributed by atoms with E-state index in [2.05, 4.69) is 92.1 Å². The Morgan fingerprint density at radius 1 is 1.00 bits per heavy atom. The minimum atomic E-state index is 0. The lowest BCUT2D eigenvalue weighted by Gasteiger charge is -2.16. The standard InChI is InChI=1S/C21H21N2S.HI/c1-14-9-10-15(2)21-20(14)23(4)19(24-21)13-16-11-12-22(3)18-8-6-5-7-17(16)18;/h5-13H,1-4H3;1H/q+1;/p-1. The Hall–Kier alpha value is -1.53. The van der Waals surface area contributed by atoms with E-state index in [0.29, 0.717) is 0 Å². The molecule has 128 valence electrons. The fourth-order valence-corrected chi connectivity index (χ4v) is 4.62.